The molecule has 1 unspecified atom stereocenters. The fraction of sp³-hybridized carbons (Fsp3) is 0.333. The first-order valence-electron chi connectivity index (χ1n) is 4.46. The Morgan fingerprint density at radius 1 is 1.23 bits per heavy atom. The van der Waals surface area contributed by atoms with Crippen molar-refractivity contribution in [3.63, 3.8) is 0 Å². The fourth-order valence-corrected chi connectivity index (χ4v) is 1.42. The molecule has 0 fully saturated rings. The molecular weight excluding hydrogens is 160 g/mol. The first-order valence-corrected chi connectivity index (χ1v) is 4.46. The van der Waals surface area contributed by atoms with Gasteiger partial charge in [-0.2, -0.15) is 0 Å². The molecule has 0 aliphatic heterocycles. The molecule has 13 heavy (non-hydrogen) atoms. The number of benzene rings is 1. The van der Waals surface area contributed by atoms with Crippen molar-refractivity contribution in [1.82, 2.24) is 0 Å². The Morgan fingerprint density at radius 3 is 2.23 bits per heavy atom. The predicted molar refractivity (Wildman–Crippen MR) is 55.4 cm³/mol. The highest BCUT2D eigenvalue weighted by Crippen LogP contribution is 2.22. The van der Waals surface area contributed by atoms with Crippen LogP contribution in [0.25, 0.3) is 0 Å². The predicted octanol–water partition coefficient (Wildman–Crippen LogP) is 2.86. The highest BCUT2D eigenvalue weighted by Gasteiger charge is 2.18. The lowest BCUT2D eigenvalue weighted by Gasteiger charge is -2.20. The maximum atomic E-state index is 10.1. The molecule has 70 valence electrons. The molecule has 1 N–H and O–H groups in total. The fourth-order valence-electron chi connectivity index (χ4n) is 1.42. The minimum Gasteiger partial charge on any atom is -0.381 e. The largest absolute Gasteiger partial charge is 0.381 e. The zero-order valence-corrected chi connectivity index (χ0v) is 8.41. The smallest absolute Gasteiger partial charge is 0.105 e. The van der Waals surface area contributed by atoms with Crippen LogP contribution in [0.5, 0.6) is 0 Å². The molecule has 0 spiro atoms. The monoisotopic (exact) mass is 176 g/mol. The Morgan fingerprint density at radius 2 is 1.77 bits per heavy atom. The van der Waals surface area contributed by atoms with Crippen LogP contribution in [0, 0.1) is 0 Å². The van der Waals surface area contributed by atoms with E-state index in [1.807, 2.05) is 50.3 Å². The van der Waals surface area contributed by atoms with Crippen molar-refractivity contribution in [3.8, 4) is 0 Å². The molecule has 0 saturated heterocycles. The Labute approximate surface area is 79.7 Å². The molecule has 1 atom stereocenters. The lowest BCUT2D eigenvalue weighted by Crippen LogP contribution is -2.17. The van der Waals surface area contributed by atoms with E-state index in [1.54, 1.807) is 6.92 Å². The summed E-state index contributed by atoms with van der Waals surface area (Å²) >= 11 is 0. The van der Waals surface area contributed by atoms with Gasteiger partial charge in [0.15, 0.2) is 0 Å². The molecule has 1 heteroatoms. The minimum absolute atomic E-state index is 0.847. The molecule has 0 amide bonds. The van der Waals surface area contributed by atoms with Crippen molar-refractivity contribution in [1.29, 1.82) is 0 Å². The topological polar surface area (TPSA) is 20.2 Å². The highest BCUT2D eigenvalue weighted by atomic mass is 16.3. The molecule has 1 aromatic carbocycles. The van der Waals surface area contributed by atoms with E-state index in [-0.39, 0.29) is 0 Å². The van der Waals surface area contributed by atoms with Crippen LogP contribution in [0.15, 0.2) is 42.0 Å². The van der Waals surface area contributed by atoms with Crippen LogP contribution in [0.4, 0.5) is 0 Å². The van der Waals surface area contributed by atoms with Crippen molar-refractivity contribution >= 4 is 0 Å². The summed E-state index contributed by atoms with van der Waals surface area (Å²) in [5, 5.41) is 10.1. The third-order valence-electron chi connectivity index (χ3n) is 1.93. The summed E-state index contributed by atoms with van der Waals surface area (Å²) in [4.78, 5) is 0. The average Bonchev–Trinajstić information content (AvgIpc) is 2.04. The van der Waals surface area contributed by atoms with Gasteiger partial charge in [0.05, 0.1) is 0 Å². The molecule has 1 nitrogen and oxygen atoms in total. The quantitative estimate of drug-likeness (QED) is 0.687. The molecule has 0 radical (unpaired) electrons. The second kappa shape index (κ2) is 3.75. The molecule has 0 bridgehead atoms. The van der Waals surface area contributed by atoms with Crippen LogP contribution in [-0.2, 0) is 5.60 Å². The lowest BCUT2D eigenvalue weighted by molar-refractivity contribution is 0.110. The van der Waals surface area contributed by atoms with Crippen molar-refractivity contribution < 1.29 is 5.11 Å². The van der Waals surface area contributed by atoms with Gasteiger partial charge >= 0.3 is 0 Å². The highest BCUT2D eigenvalue weighted by molar-refractivity contribution is 5.27. The number of hydrogen-bond acceptors (Lipinski definition) is 1. The molecule has 0 aliphatic rings. The Kier molecular flexibility index (Phi) is 2.89. The van der Waals surface area contributed by atoms with Crippen molar-refractivity contribution in [2.24, 2.45) is 0 Å². The van der Waals surface area contributed by atoms with Gasteiger partial charge in [-0.3, -0.25) is 0 Å². The van der Waals surface area contributed by atoms with Gasteiger partial charge < -0.3 is 5.11 Å². The summed E-state index contributed by atoms with van der Waals surface area (Å²) < 4.78 is 0. The second-order valence-electron chi connectivity index (χ2n) is 3.74. The average molecular weight is 176 g/mol. The van der Waals surface area contributed by atoms with Gasteiger partial charge in [0.2, 0.25) is 0 Å². The summed E-state index contributed by atoms with van der Waals surface area (Å²) in [6, 6.07) is 9.67. The zero-order chi connectivity index (χ0) is 9.90. The van der Waals surface area contributed by atoms with Gasteiger partial charge in [0, 0.05) is 0 Å². The van der Waals surface area contributed by atoms with Gasteiger partial charge in [0.25, 0.3) is 0 Å². The third kappa shape index (κ3) is 2.71. The van der Waals surface area contributed by atoms with Crippen LogP contribution in [0.1, 0.15) is 26.3 Å². The van der Waals surface area contributed by atoms with E-state index in [2.05, 4.69) is 0 Å². The number of hydrogen-bond donors (Lipinski definition) is 1. The molecule has 0 saturated carbocycles. The zero-order valence-electron chi connectivity index (χ0n) is 8.41. The van der Waals surface area contributed by atoms with E-state index < -0.39 is 5.60 Å². The van der Waals surface area contributed by atoms with Gasteiger partial charge in [-0.15, -0.1) is 0 Å². The van der Waals surface area contributed by atoms with E-state index in [0.717, 1.165) is 11.1 Å². The van der Waals surface area contributed by atoms with E-state index >= 15 is 0 Å². The van der Waals surface area contributed by atoms with Crippen LogP contribution in [0.2, 0.25) is 0 Å². The summed E-state index contributed by atoms with van der Waals surface area (Å²) in [6.07, 6.45) is 1.86. The van der Waals surface area contributed by atoms with E-state index in [9.17, 15) is 5.11 Å². The molecule has 0 heterocycles. The van der Waals surface area contributed by atoms with Crippen molar-refractivity contribution in [2.45, 2.75) is 26.4 Å². The molecule has 1 rings (SSSR count). The maximum Gasteiger partial charge on any atom is 0.105 e. The lowest BCUT2D eigenvalue weighted by atomic mass is 9.94. The van der Waals surface area contributed by atoms with E-state index in [1.165, 1.54) is 0 Å². The summed E-state index contributed by atoms with van der Waals surface area (Å²) in [7, 11) is 0. The van der Waals surface area contributed by atoms with Crippen LogP contribution >= 0.6 is 0 Å². The van der Waals surface area contributed by atoms with Gasteiger partial charge in [-0.1, -0.05) is 42.0 Å². The Balaban J connectivity index is 3.01. The Bertz CT molecular complexity index is 292. The van der Waals surface area contributed by atoms with Gasteiger partial charge in [-0.25, -0.2) is 0 Å². The summed E-state index contributed by atoms with van der Waals surface area (Å²) in [5.74, 6) is 0. The summed E-state index contributed by atoms with van der Waals surface area (Å²) in [5.41, 5.74) is 1.20. The van der Waals surface area contributed by atoms with Crippen LogP contribution in [0.3, 0.4) is 0 Å². The molecule has 1 aromatic rings. The molecule has 0 aromatic heterocycles. The Hall–Kier alpha value is -1.08. The summed E-state index contributed by atoms with van der Waals surface area (Å²) in [6.45, 7) is 5.77. The van der Waals surface area contributed by atoms with E-state index in [4.69, 9.17) is 0 Å². The first-order chi connectivity index (χ1) is 6.02. The van der Waals surface area contributed by atoms with Crippen molar-refractivity contribution in [3.05, 3.63) is 47.5 Å². The standard InChI is InChI=1S/C12H16O/c1-10(2)9-12(3,13)11-7-5-4-6-8-11/h4-9,13H,1-3H3. The second-order valence-corrected chi connectivity index (χ2v) is 3.74. The first kappa shape index (κ1) is 10.0. The molecule has 0 aliphatic carbocycles. The number of rotatable bonds is 2. The van der Waals surface area contributed by atoms with Crippen molar-refractivity contribution in [2.75, 3.05) is 0 Å². The van der Waals surface area contributed by atoms with Crippen LogP contribution < -0.4 is 0 Å². The third-order valence-corrected chi connectivity index (χ3v) is 1.93. The minimum atomic E-state index is -0.847. The van der Waals surface area contributed by atoms with E-state index in [0.29, 0.717) is 0 Å². The SMILES string of the molecule is CC(C)=CC(C)(O)c1ccccc1. The molecular formula is C12H16O. The number of allylic oxidation sites excluding steroid dienone is 1. The number of aliphatic hydroxyl groups is 1. The van der Waals surface area contributed by atoms with Gasteiger partial charge in [0.1, 0.15) is 5.60 Å². The van der Waals surface area contributed by atoms with Gasteiger partial charge in [-0.05, 0) is 26.3 Å². The van der Waals surface area contributed by atoms with Crippen LogP contribution in [-0.4, -0.2) is 5.11 Å². The maximum absolute atomic E-state index is 10.1. The normalized spacial score (nSPS) is 14.8.